The summed E-state index contributed by atoms with van der Waals surface area (Å²) in [5.74, 6) is 1.39. The summed E-state index contributed by atoms with van der Waals surface area (Å²) in [6.45, 7) is 1.70. The van der Waals surface area contributed by atoms with Crippen LogP contribution in [0.25, 0.3) is 11.3 Å². The number of aryl methyl sites for hydroxylation is 1. The summed E-state index contributed by atoms with van der Waals surface area (Å²) in [5, 5.41) is 7.89. The molecule has 11 heteroatoms. The number of halogens is 3. The van der Waals surface area contributed by atoms with E-state index in [1.165, 1.54) is 24.5 Å². The lowest BCUT2D eigenvalue weighted by Gasteiger charge is -2.15. The molecule has 0 aliphatic carbocycles. The zero-order valence-electron chi connectivity index (χ0n) is 19.2. The first-order chi connectivity index (χ1) is 17.2. The second-order valence-electron chi connectivity index (χ2n) is 7.62. The largest absolute Gasteiger partial charge is 0.439 e. The Morgan fingerprint density at radius 3 is 2.33 bits per heavy atom. The number of amides is 2. The molecule has 0 radical (unpaired) electrons. The summed E-state index contributed by atoms with van der Waals surface area (Å²) in [6.07, 6.45) is -3.28. The van der Waals surface area contributed by atoms with Gasteiger partial charge in [-0.1, -0.05) is 12.1 Å². The minimum Gasteiger partial charge on any atom is -0.439 e. The number of benzene rings is 2. The summed E-state index contributed by atoms with van der Waals surface area (Å²) in [5.41, 5.74) is 0.225. The number of nitrogens with one attached hydrogen (secondary N) is 3. The Balaban J connectivity index is 1.45. The number of carbonyl (C=O) groups is 1. The van der Waals surface area contributed by atoms with Crippen LogP contribution in [0.2, 0.25) is 0 Å². The van der Waals surface area contributed by atoms with Gasteiger partial charge in [0, 0.05) is 35.7 Å². The summed E-state index contributed by atoms with van der Waals surface area (Å²) in [4.78, 5) is 24.6. The van der Waals surface area contributed by atoms with Crippen molar-refractivity contribution in [3.05, 3.63) is 84.3 Å². The van der Waals surface area contributed by atoms with Crippen molar-refractivity contribution >= 4 is 23.2 Å². The second-order valence-corrected chi connectivity index (χ2v) is 7.62. The number of nitrogens with zero attached hydrogens (tertiary/aromatic N) is 3. The minimum atomic E-state index is -4.64. The van der Waals surface area contributed by atoms with E-state index in [0.717, 1.165) is 6.07 Å². The van der Waals surface area contributed by atoms with Crippen LogP contribution < -0.4 is 20.7 Å². The Labute approximate surface area is 204 Å². The molecule has 0 aliphatic heterocycles. The molecule has 0 aliphatic rings. The zero-order chi connectivity index (χ0) is 25.7. The number of urea groups is 1. The van der Waals surface area contributed by atoms with Crippen LogP contribution in [0.3, 0.4) is 0 Å². The number of carbonyl (C=O) groups excluding carboxylic acids is 1. The van der Waals surface area contributed by atoms with Gasteiger partial charge in [0.1, 0.15) is 17.9 Å². The lowest BCUT2D eigenvalue weighted by molar-refractivity contribution is -0.137. The molecule has 0 atom stereocenters. The Morgan fingerprint density at radius 1 is 0.917 bits per heavy atom. The summed E-state index contributed by atoms with van der Waals surface area (Å²) in [7, 11) is 1.72. The predicted molar refractivity (Wildman–Crippen MR) is 130 cm³/mol. The average Bonchev–Trinajstić information content (AvgIpc) is 2.85. The minimum absolute atomic E-state index is 0.0136. The molecule has 0 fully saturated rings. The second kappa shape index (κ2) is 10.3. The summed E-state index contributed by atoms with van der Waals surface area (Å²) in [6, 6.07) is 15.7. The van der Waals surface area contributed by atoms with Gasteiger partial charge in [-0.3, -0.25) is 4.98 Å². The summed E-state index contributed by atoms with van der Waals surface area (Å²) >= 11 is 0. The maximum Gasteiger partial charge on any atom is 0.417 e. The average molecular weight is 494 g/mol. The monoisotopic (exact) mass is 494 g/mol. The number of anilines is 3. The molecule has 0 spiro atoms. The topological polar surface area (TPSA) is 101 Å². The van der Waals surface area contributed by atoms with E-state index in [4.69, 9.17) is 4.74 Å². The standard InChI is InChI=1S/C25H21F3N6O2/c1-15-4-3-5-21(32-15)19-11-8-17(12-20(19)25(26,27)28)34-24(35)33-16-6-9-18(10-7-16)36-23-13-22(29-2)30-14-31-23/h3-14H,1-2H3,(H,29,30,31)(H2,33,34,35). The number of hydrogen-bond donors (Lipinski definition) is 3. The van der Waals surface area contributed by atoms with Crippen molar-refractivity contribution < 1.29 is 22.7 Å². The molecular weight excluding hydrogens is 473 g/mol. The van der Waals surface area contributed by atoms with E-state index in [9.17, 15) is 18.0 Å². The Bertz CT molecular complexity index is 1380. The number of pyridine rings is 1. The van der Waals surface area contributed by atoms with E-state index in [-0.39, 0.29) is 16.9 Å². The molecular formula is C25H21F3N6O2. The quantitative estimate of drug-likeness (QED) is 0.289. The molecule has 2 amide bonds. The lowest BCUT2D eigenvalue weighted by atomic mass is 10.0. The Morgan fingerprint density at radius 2 is 1.64 bits per heavy atom. The fraction of sp³-hybridized carbons (Fsp3) is 0.120. The van der Waals surface area contributed by atoms with Crippen molar-refractivity contribution in [1.82, 2.24) is 15.0 Å². The molecule has 0 saturated carbocycles. The first-order valence-electron chi connectivity index (χ1n) is 10.7. The molecule has 2 aromatic carbocycles. The third-order valence-corrected chi connectivity index (χ3v) is 4.98. The van der Waals surface area contributed by atoms with Gasteiger partial charge in [-0.2, -0.15) is 13.2 Å². The van der Waals surface area contributed by atoms with E-state index < -0.39 is 17.8 Å². The molecule has 4 aromatic rings. The molecule has 4 rings (SSSR count). The molecule has 0 unspecified atom stereocenters. The normalized spacial score (nSPS) is 11.0. The zero-order valence-corrected chi connectivity index (χ0v) is 19.2. The van der Waals surface area contributed by atoms with Crippen molar-refractivity contribution in [1.29, 1.82) is 0 Å². The third-order valence-electron chi connectivity index (χ3n) is 4.98. The maximum absolute atomic E-state index is 13.8. The van der Waals surface area contributed by atoms with E-state index >= 15 is 0 Å². The van der Waals surface area contributed by atoms with Crippen molar-refractivity contribution in [3.63, 3.8) is 0 Å². The predicted octanol–water partition coefficient (Wildman–Crippen LogP) is 6.34. The maximum atomic E-state index is 13.8. The van der Waals surface area contributed by atoms with Gasteiger partial charge >= 0.3 is 12.2 Å². The fourth-order valence-electron chi connectivity index (χ4n) is 3.33. The van der Waals surface area contributed by atoms with E-state index in [0.29, 0.717) is 28.8 Å². The molecule has 36 heavy (non-hydrogen) atoms. The number of alkyl halides is 3. The SMILES string of the molecule is CNc1cc(Oc2ccc(NC(=O)Nc3ccc(-c4cccc(C)n4)c(C(F)(F)F)c3)cc2)ncn1. The van der Waals surface area contributed by atoms with Gasteiger partial charge in [0.15, 0.2) is 0 Å². The number of hydrogen-bond acceptors (Lipinski definition) is 6. The molecule has 2 aromatic heterocycles. The fourth-order valence-corrected chi connectivity index (χ4v) is 3.33. The number of aromatic nitrogens is 3. The van der Waals surface area contributed by atoms with Gasteiger partial charge in [0.05, 0.1) is 11.3 Å². The first kappa shape index (κ1) is 24.5. The highest BCUT2D eigenvalue weighted by Crippen LogP contribution is 2.38. The Kier molecular flexibility index (Phi) is 7.00. The molecule has 0 bridgehead atoms. The third kappa shape index (κ3) is 6.06. The lowest BCUT2D eigenvalue weighted by Crippen LogP contribution is -2.20. The van der Waals surface area contributed by atoms with Crippen LogP contribution in [0.5, 0.6) is 11.6 Å². The van der Waals surface area contributed by atoms with Crippen molar-refractivity contribution in [2.24, 2.45) is 0 Å². The highest BCUT2D eigenvalue weighted by Gasteiger charge is 2.34. The van der Waals surface area contributed by atoms with Crippen LogP contribution in [-0.4, -0.2) is 28.0 Å². The smallest absolute Gasteiger partial charge is 0.417 e. The van der Waals surface area contributed by atoms with Crippen molar-refractivity contribution in [2.75, 3.05) is 23.0 Å². The highest BCUT2D eigenvalue weighted by molar-refractivity contribution is 6.00. The van der Waals surface area contributed by atoms with Crippen LogP contribution in [0.4, 0.5) is 35.2 Å². The van der Waals surface area contributed by atoms with Gasteiger partial charge in [-0.25, -0.2) is 14.8 Å². The molecule has 184 valence electrons. The first-order valence-corrected chi connectivity index (χ1v) is 10.7. The van der Waals surface area contributed by atoms with E-state index in [2.05, 4.69) is 30.9 Å². The van der Waals surface area contributed by atoms with Crippen molar-refractivity contribution in [3.8, 4) is 22.9 Å². The van der Waals surface area contributed by atoms with Crippen LogP contribution in [0.15, 0.2) is 73.1 Å². The molecule has 3 N–H and O–H groups in total. The molecule has 8 nitrogen and oxygen atoms in total. The van der Waals surface area contributed by atoms with E-state index in [1.54, 1.807) is 56.4 Å². The van der Waals surface area contributed by atoms with Gasteiger partial charge in [-0.05, 0) is 55.5 Å². The van der Waals surface area contributed by atoms with Crippen molar-refractivity contribution in [2.45, 2.75) is 13.1 Å². The number of rotatable bonds is 6. The Hall–Kier alpha value is -4.67. The van der Waals surface area contributed by atoms with Gasteiger partial charge < -0.3 is 20.7 Å². The molecule has 2 heterocycles. The van der Waals surface area contributed by atoms with Crippen LogP contribution >= 0.6 is 0 Å². The number of ether oxygens (including phenoxy) is 1. The van der Waals surface area contributed by atoms with Crippen LogP contribution in [0.1, 0.15) is 11.3 Å². The molecule has 0 saturated heterocycles. The van der Waals surface area contributed by atoms with Gasteiger partial charge in [0.2, 0.25) is 5.88 Å². The summed E-state index contributed by atoms with van der Waals surface area (Å²) < 4.78 is 46.9. The van der Waals surface area contributed by atoms with Crippen LogP contribution in [-0.2, 0) is 6.18 Å². The van der Waals surface area contributed by atoms with Crippen LogP contribution in [0, 0.1) is 6.92 Å². The van der Waals surface area contributed by atoms with Gasteiger partial charge in [-0.15, -0.1) is 0 Å². The van der Waals surface area contributed by atoms with Gasteiger partial charge in [0.25, 0.3) is 0 Å². The highest BCUT2D eigenvalue weighted by atomic mass is 19.4. The van der Waals surface area contributed by atoms with E-state index in [1.807, 2.05) is 0 Å².